The molecule has 0 N–H and O–H groups in total. The summed E-state index contributed by atoms with van der Waals surface area (Å²) in [6, 6.07) is 11.3. The van der Waals surface area contributed by atoms with Gasteiger partial charge in [0.25, 0.3) is 5.91 Å². The summed E-state index contributed by atoms with van der Waals surface area (Å²) in [4.78, 5) is 27.2. The molecular formula is C20H20N4O2. The molecule has 1 atom stereocenters. The van der Waals surface area contributed by atoms with Crippen molar-refractivity contribution < 1.29 is 9.53 Å². The summed E-state index contributed by atoms with van der Waals surface area (Å²) in [7, 11) is 1.63. The molecule has 0 saturated carbocycles. The quantitative estimate of drug-likeness (QED) is 0.684. The Hall–Kier alpha value is -3.28. The molecule has 3 rings (SSSR count). The van der Waals surface area contributed by atoms with Gasteiger partial charge in [-0.3, -0.25) is 14.8 Å². The third-order valence-corrected chi connectivity index (χ3v) is 4.13. The van der Waals surface area contributed by atoms with Crippen LogP contribution in [0.2, 0.25) is 0 Å². The van der Waals surface area contributed by atoms with E-state index in [9.17, 15) is 4.79 Å². The Labute approximate surface area is 152 Å². The third-order valence-electron chi connectivity index (χ3n) is 4.13. The Morgan fingerprint density at radius 3 is 2.38 bits per heavy atom. The second kappa shape index (κ2) is 8.20. The minimum Gasteiger partial charge on any atom is -0.497 e. The number of pyridine rings is 1. The highest BCUT2D eigenvalue weighted by molar-refractivity contribution is 5.92. The first-order chi connectivity index (χ1) is 12.7. The number of amides is 1. The number of nitrogens with zero attached hydrogens (tertiary/aromatic N) is 4. The minimum atomic E-state index is -0.283. The van der Waals surface area contributed by atoms with Gasteiger partial charge in [0.1, 0.15) is 11.4 Å². The lowest BCUT2D eigenvalue weighted by Crippen LogP contribution is -2.36. The zero-order valence-corrected chi connectivity index (χ0v) is 14.7. The van der Waals surface area contributed by atoms with Crippen LogP contribution in [0.4, 0.5) is 0 Å². The van der Waals surface area contributed by atoms with E-state index in [4.69, 9.17) is 4.74 Å². The first kappa shape index (κ1) is 17.5. The Morgan fingerprint density at radius 2 is 1.81 bits per heavy atom. The molecule has 1 aromatic carbocycles. The maximum absolute atomic E-state index is 13.1. The van der Waals surface area contributed by atoms with Gasteiger partial charge in [-0.05, 0) is 36.2 Å². The Kier molecular flexibility index (Phi) is 5.53. The summed E-state index contributed by atoms with van der Waals surface area (Å²) >= 11 is 0. The van der Waals surface area contributed by atoms with Crippen LogP contribution in [0.1, 0.15) is 34.6 Å². The number of carbonyl (C=O) groups is 1. The SMILES string of the molecule is CCN(C(=O)c1cnccn1)[C@@H](c1ccc(OC)cc1)c1cccnc1. The maximum Gasteiger partial charge on any atom is 0.274 e. The average molecular weight is 348 g/mol. The lowest BCUT2D eigenvalue weighted by atomic mass is 9.98. The van der Waals surface area contributed by atoms with Gasteiger partial charge in [0.2, 0.25) is 0 Å². The first-order valence-electron chi connectivity index (χ1n) is 8.35. The molecule has 0 unspecified atom stereocenters. The van der Waals surface area contributed by atoms with Crippen molar-refractivity contribution in [1.29, 1.82) is 0 Å². The number of rotatable bonds is 6. The normalized spacial score (nSPS) is 11.6. The summed E-state index contributed by atoms with van der Waals surface area (Å²) < 4.78 is 5.25. The lowest BCUT2D eigenvalue weighted by Gasteiger charge is -2.31. The predicted molar refractivity (Wildman–Crippen MR) is 97.8 cm³/mol. The van der Waals surface area contributed by atoms with Crippen molar-refractivity contribution in [1.82, 2.24) is 19.9 Å². The second-order valence-electron chi connectivity index (χ2n) is 5.64. The largest absolute Gasteiger partial charge is 0.497 e. The van der Waals surface area contributed by atoms with Crippen LogP contribution in [-0.4, -0.2) is 39.4 Å². The van der Waals surface area contributed by atoms with E-state index in [0.717, 1.165) is 16.9 Å². The number of benzene rings is 1. The topological polar surface area (TPSA) is 68.2 Å². The molecule has 6 heteroatoms. The molecule has 2 heterocycles. The summed E-state index contributed by atoms with van der Waals surface area (Å²) in [6.07, 6.45) is 8.05. The van der Waals surface area contributed by atoms with Gasteiger partial charge in [0.05, 0.1) is 19.3 Å². The average Bonchev–Trinajstić information content (AvgIpc) is 2.73. The third kappa shape index (κ3) is 3.69. The van der Waals surface area contributed by atoms with Crippen molar-refractivity contribution in [2.75, 3.05) is 13.7 Å². The van der Waals surface area contributed by atoms with Crippen LogP contribution in [-0.2, 0) is 0 Å². The van der Waals surface area contributed by atoms with E-state index in [-0.39, 0.29) is 11.9 Å². The Morgan fingerprint density at radius 1 is 1.04 bits per heavy atom. The summed E-state index contributed by atoms with van der Waals surface area (Å²) in [5, 5.41) is 0. The van der Waals surface area contributed by atoms with Gasteiger partial charge < -0.3 is 9.64 Å². The molecular weight excluding hydrogens is 328 g/mol. The van der Waals surface area contributed by atoms with Crippen molar-refractivity contribution in [2.24, 2.45) is 0 Å². The summed E-state index contributed by atoms with van der Waals surface area (Å²) in [5.74, 6) is 0.590. The fourth-order valence-corrected chi connectivity index (χ4v) is 2.88. The first-order valence-corrected chi connectivity index (χ1v) is 8.35. The molecule has 0 saturated heterocycles. The number of aromatic nitrogens is 3. The molecule has 3 aromatic rings. The van der Waals surface area contributed by atoms with E-state index in [0.29, 0.717) is 12.2 Å². The van der Waals surface area contributed by atoms with Crippen LogP contribution in [0.25, 0.3) is 0 Å². The molecule has 0 aliphatic carbocycles. The van der Waals surface area contributed by atoms with Crippen LogP contribution in [0.5, 0.6) is 5.75 Å². The van der Waals surface area contributed by atoms with Crippen molar-refractivity contribution in [3.05, 3.63) is 84.2 Å². The molecule has 0 aliphatic heterocycles. The number of ether oxygens (including phenoxy) is 1. The van der Waals surface area contributed by atoms with E-state index < -0.39 is 0 Å². The molecule has 1 amide bonds. The van der Waals surface area contributed by atoms with Crippen LogP contribution in [0, 0.1) is 0 Å². The van der Waals surface area contributed by atoms with E-state index in [1.165, 1.54) is 12.4 Å². The maximum atomic E-state index is 13.1. The molecule has 0 aliphatic rings. The van der Waals surface area contributed by atoms with Gasteiger partial charge in [-0.15, -0.1) is 0 Å². The highest BCUT2D eigenvalue weighted by Crippen LogP contribution is 2.30. The zero-order valence-electron chi connectivity index (χ0n) is 14.7. The van der Waals surface area contributed by atoms with Gasteiger partial charge in [0, 0.05) is 31.3 Å². The van der Waals surface area contributed by atoms with Gasteiger partial charge in [-0.2, -0.15) is 0 Å². The smallest absolute Gasteiger partial charge is 0.274 e. The number of methoxy groups -OCH3 is 1. The van der Waals surface area contributed by atoms with Crippen LogP contribution in [0.3, 0.4) is 0 Å². The van der Waals surface area contributed by atoms with Crippen molar-refractivity contribution >= 4 is 5.91 Å². The Bertz CT molecular complexity index is 839. The zero-order chi connectivity index (χ0) is 18.4. The van der Waals surface area contributed by atoms with Crippen molar-refractivity contribution in [3.8, 4) is 5.75 Å². The van der Waals surface area contributed by atoms with E-state index in [2.05, 4.69) is 15.0 Å². The van der Waals surface area contributed by atoms with Crippen molar-refractivity contribution in [2.45, 2.75) is 13.0 Å². The monoisotopic (exact) mass is 348 g/mol. The van der Waals surface area contributed by atoms with Gasteiger partial charge in [0.15, 0.2) is 0 Å². The fourth-order valence-electron chi connectivity index (χ4n) is 2.88. The van der Waals surface area contributed by atoms with Crippen molar-refractivity contribution in [3.63, 3.8) is 0 Å². The second-order valence-corrected chi connectivity index (χ2v) is 5.64. The summed E-state index contributed by atoms with van der Waals surface area (Å²) in [5.41, 5.74) is 2.21. The summed E-state index contributed by atoms with van der Waals surface area (Å²) in [6.45, 7) is 2.46. The standard InChI is InChI=1S/C20H20N4O2/c1-3-24(20(25)18-14-22-11-12-23-18)19(16-5-4-10-21-13-16)15-6-8-17(26-2)9-7-15/h4-14,19H,3H2,1-2H3/t19-/m0/s1. The van der Waals surface area contributed by atoms with Crippen LogP contribution in [0.15, 0.2) is 67.4 Å². The van der Waals surface area contributed by atoms with E-state index in [1.54, 1.807) is 30.6 Å². The highest BCUT2D eigenvalue weighted by atomic mass is 16.5. The molecule has 2 aromatic heterocycles. The van der Waals surface area contributed by atoms with Crippen LogP contribution < -0.4 is 4.74 Å². The molecule has 132 valence electrons. The van der Waals surface area contributed by atoms with Gasteiger partial charge in [-0.1, -0.05) is 18.2 Å². The van der Waals surface area contributed by atoms with E-state index in [1.807, 2.05) is 43.3 Å². The van der Waals surface area contributed by atoms with Crippen LogP contribution >= 0.6 is 0 Å². The molecule has 0 spiro atoms. The minimum absolute atomic E-state index is 0.176. The molecule has 6 nitrogen and oxygen atoms in total. The fraction of sp³-hybridized carbons (Fsp3) is 0.200. The number of hydrogen-bond donors (Lipinski definition) is 0. The number of carbonyl (C=O) groups excluding carboxylic acids is 1. The van der Waals surface area contributed by atoms with Gasteiger partial charge >= 0.3 is 0 Å². The lowest BCUT2D eigenvalue weighted by molar-refractivity contribution is 0.0710. The molecule has 26 heavy (non-hydrogen) atoms. The molecule has 0 radical (unpaired) electrons. The predicted octanol–water partition coefficient (Wildman–Crippen LogP) is 3.13. The van der Waals surface area contributed by atoms with E-state index >= 15 is 0 Å². The Balaban J connectivity index is 2.04. The molecule has 0 fully saturated rings. The highest BCUT2D eigenvalue weighted by Gasteiger charge is 2.27. The van der Waals surface area contributed by atoms with Gasteiger partial charge in [-0.25, -0.2) is 4.98 Å². The number of hydrogen-bond acceptors (Lipinski definition) is 5. The molecule has 0 bridgehead atoms.